The number of rotatable bonds is 6. The molecule has 0 aliphatic rings. The number of anilines is 2. The number of non-ortho nitro benzene ring substituents is 1. The molecule has 124 valence electrons. The van der Waals surface area contributed by atoms with Crippen LogP contribution in [0.25, 0.3) is 0 Å². The van der Waals surface area contributed by atoms with Gasteiger partial charge in [0.05, 0.1) is 15.9 Å². The SMILES string of the molecule is CC(Nc1ccc([N+](=O)[O-])cc1[N+](=O)[O-])C(=O)Nc1ccccc1. The lowest BCUT2D eigenvalue weighted by Gasteiger charge is -2.15. The van der Waals surface area contributed by atoms with Gasteiger partial charge in [0.15, 0.2) is 0 Å². The topological polar surface area (TPSA) is 127 Å². The number of nitrogens with one attached hydrogen (secondary N) is 2. The molecule has 9 nitrogen and oxygen atoms in total. The van der Waals surface area contributed by atoms with E-state index in [1.807, 2.05) is 0 Å². The van der Waals surface area contributed by atoms with E-state index in [4.69, 9.17) is 0 Å². The standard InChI is InChI=1S/C15H14N4O5/c1-10(15(20)17-11-5-3-2-4-6-11)16-13-8-7-12(18(21)22)9-14(13)19(23)24/h2-10,16H,1H3,(H,17,20). The van der Waals surface area contributed by atoms with Crippen molar-refractivity contribution in [2.24, 2.45) is 0 Å². The third-order valence-corrected chi connectivity index (χ3v) is 3.20. The fraction of sp³-hybridized carbons (Fsp3) is 0.133. The highest BCUT2D eigenvalue weighted by Gasteiger charge is 2.22. The summed E-state index contributed by atoms with van der Waals surface area (Å²) in [6.45, 7) is 1.53. The van der Waals surface area contributed by atoms with Crippen LogP contribution in [0.1, 0.15) is 6.92 Å². The number of benzene rings is 2. The molecule has 0 aliphatic heterocycles. The highest BCUT2D eigenvalue weighted by molar-refractivity contribution is 5.96. The average molecular weight is 330 g/mol. The van der Waals surface area contributed by atoms with Crippen molar-refractivity contribution in [2.75, 3.05) is 10.6 Å². The van der Waals surface area contributed by atoms with Crippen LogP contribution < -0.4 is 10.6 Å². The smallest absolute Gasteiger partial charge is 0.299 e. The van der Waals surface area contributed by atoms with Gasteiger partial charge in [0.2, 0.25) is 5.91 Å². The molecule has 0 aliphatic carbocycles. The second-order valence-corrected chi connectivity index (χ2v) is 4.94. The van der Waals surface area contributed by atoms with Gasteiger partial charge in [0, 0.05) is 11.8 Å². The van der Waals surface area contributed by atoms with Crippen molar-refractivity contribution in [1.29, 1.82) is 0 Å². The third-order valence-electron chi connectivity index (χ3n) is 3.20. The van der Waals surface area contributed by atoms with Crippen LogP contribution >= 0.6 is 0 Å². The Bertz CT molecular complexity index is 779. The van der Waals surface area contributed by atoms with Crippen LogP contribution in [0.3, 0.4) is 0 Å². The van der Waals surface area contributed by atoms with E-state index in [2.05, 4.69) is 10.6 Å². The maximum Gasteiger partial charge on any atom is 0.299 e. The quantitative estimate of drug-likeness (QED) is 0.619. The monoisotopic (exact) mass is 330 g/mol. The van der Waals surface area contributed by atoms with Gasteiger partial charge in [-0.3, -0.25) is 25.0 Å². The van der Waals surface area contributed by atoms with E-state index in [1.165, 1.54) is 13.0 Å². The number of nitro groups is 2. The molecule has 2 aromatic carbocycles. The van der Waals surface area contributed by atoms with Gasteiger partial charge in [-0.05, 0) is 25.1 Å². The van der Waals surface area contributed by atoms with Crippen molar-refractivity contribution < 1.29 is 14.6 Å². The molecular weight excluding hydrogens is 316 g/mol. The highest BCUT2D eigenvalue weighted by Crippen LogP contribution is 2.29. The predicted octanol–water partition coefficient (Wildman–Crippen LogP) is 2.94. The minimum absolute atomic E-state index is 0.0290. The summed E-state index contributed by atoms with van der Waals surface area (Å²) in [6, 6.07) is 11.1. The van der Waals surface area contributed by atoms with Gasteiger partial charge in [0.25, 0.3) is 11.4 Å². The van der Waals surface area contributed by atoms with Gasteiger partial charge in [-0.1, -0.05) is 18.2 Å². The first-order valence-corrected chi connectivity index (χ1v) is 6.94. The molecule has 1 atom stereocenters. The fourth-order valence-electron chi connectivity index (χ4n) is 1.98. The summed E-state index contributed by atoms with van der Waals surface area (Å²) < 4.78 is 0. The van der Waals surface area contributed by atoms with Gasteiger partial charge >= 0.3 is 0 Å². The molecule has 9 heteroatoms. The maximum absolute atomic E-state index is 12.1. The van der Waals surface area contributed by atoms with E-state index in [-0.39, 0.29) is 5.69 Å². The van der Waals surface area contributed by atoms with E-state index in [9.17, 15) is 25.0 Å². The van der Waals surface area contributed by atoms with Crippen LogP contribution in [0.4, 0.5) is 22.7 Å². The zero-order chi connectivity index (χ0) is 17.7. The predicted molar refractivity (Wildman–Crippen MR) is 87.9 cm³/mol. The number of hydrogen-bond donors (Lipinski definition) is 2. The Morgan fingerprint density at radius 2 is 1.71 bits per heavy atom. The summed E-state index contributed by atoms with van der Waals surface area (Å²) in [7, 11) is 0. The second-order valence-electron chi connectivity index (χ2n) is 4.94. The first-order chi connectivity index (χ1) is 11.4. The van der Waals surface area contributed by atoms with Crippen LogP contribution in [0.2, 0.25) is 0 Å². The van der Waals surface area contributed by atoms with E-state index in [0.717, 1.165) is 12.1 Å². The van der Waals surface area contributed by atoms with Crippen molar-refractivity contribution in [1.82, 2.24) is 0 Å². The zero-order valence-corrected chi connectivity index (χ0v) is 12.6. The summed E-state index contributed by atoms with van der Waals surface area (Å²) in [6.07, 6.45) is 0. The van der Waals surface area contributed by atoms with Crippen molar-refractivity contribution in [3.63, 3.8) is 0 Å². The van der Waals surface area contributed by atoms with Crippen LogP contribution in [0.5, 0.6) is 0 Å². The number of carbonyl (C=O) groups excluding carboxylic acids is 1. The van der Waals surface area contributed by atoms with E-state index < -0.39 is 33.2 Å². The average Bonchev–Trinajstić information content (AvgIpc) is 2.55. The summed E-state index contributed by atoms with van der Waals surface area (Å²) in [4.78, 5) is 32.5. The Kier molecular flexibility index (Phi) is 5.05. The molecule has 0 aromatic heterocycles. The van der Waals surface area contributed by atoms with Gasteiger partial charge in [-0.25, -0.2) is 0 Å². The Morgan fingerprint density at radius 3 is 2.29 bits per heavy atom. The summed E-state index contributed by atoms with van der Waals surface area (Å²) in [5.74, 6) is -0.395. The highest BCUT2D eigenvalue weighted by atomic mass is 16.6. The molecular formula is C15H14N4O5. The van der Waals surface area contributed by atoms with Gasteiger partial charge < -0.3 is 10.6 Å². The molecule has 2 aromatic rings. The molecule has 2 rings (SSSR count). The lowest BCUT2D eigenvalue weighted by molar-refractivity contribution is -0.393. The number of carbonyl (C=O) groups is 1. The molecule has 0 heterocycles. The first kappa shape index (κ1) is 16.9. The molecule has 1 unspecified atom stereocenters. The minimum Gasteiger partial charge on any atom is -0.368 e. The van der Waals surface area contributed by atoms with Gasteiger partial charge in [-0.15, -0.1) is 0 Å². The van der Waals surface area contributed by atoms with E-state index >= 15 is 0 Å². The van der Waals surface area contributed by atoms with E-state index in [1.54, 1.807) is 30.3 Å². The minimum atomic E-state index is -0.787. The summed E-state index contributed by atoms with van der Waals surface area (Å²) >= 11 is 0. The molecule has 0 saturated carbocycles. The molecule has 0 spiro atoms. The molecule has 0 saturated heterocycles. The Morgan fingerprint density at radius 1 is 1.04 bits per heavy atom. The molecule has 2 N–H and O–H groups in total. The van der Waals surface area contributed by atoms with Crippen molar-refractivity contribution in [2.45, 2.75) is 13.0 Å². The van der Waals surface area contributed by atoms with Crippen LogP contribution in [0, 0.1) is 20.2 Å². The zero-order valence-electron chi connectivity index (χ0n) is 12.6. The maximum atomic E-state index is 12.1. The van der Waals surface area contributed by atoms with Crippen LogP contribution in [-0.4, -0.2) is 21.8 Å². The lowest BCUT2D eigenvalue weighted by atomic mass is 10.2. The number of amides is 1. The largest absolute Gasteiger partial charge is 0.368 e. The number of nitrogens with zero attached hydrogens (tertiary/aromatic N) is 2. The van der Waals surface area contributed by atoms with Crippen molar-refractivity contribution in [3.05, 3.63) is 68.8 Å². The molecule has 24 heavy (non-hydrogen) atoms. The summed E-state index contributed by atoms with van der Waals surface area (Å²) in [5.41, 5.74) is -0.243. The summed E-state index contributed by atoms with van der Waals surface area (Å²) in [5, 5.41) is 27.2. The Labute approximate surface area is 136 Å². The van der Waals surface area contributed by atoms with Crippen molar-refractivity contribution >= 4 is 28.7 Å². The number of hydrogen-bond acceptors (Lipinski definition) is 6. The molecule has 0 fully saturated rings. The Hall–Kier alpha value is -3.49. The van der Waals surface area contributed by atoms with Gasteiger partial charge in [-0.2, -0.15) is 0 Å². The van der Waals surface area contributed by atoms with Crippen LogP contribution in [-0.2, 0) is 4.79 Å². The van der Waals surface area contributed by atoms with E-state index in [0.29, 0.717) is 5.69 Å². The lowest BCUT2D eigenvalue weighted by Crippen LogP contribution is -2.32. The second kappa shape index (κ2) is 7.18. The number of para-hydroxylation sites is 1. The normalized spacial score (nSPS) is 11.4. The van der Waals surface area contributed by atoms with Gasteiger partial charge in [0.1, 0.15) is 11.7 Å². The number of nitro benzene ring substituents is 2. The fourth-order valence-corrected chi connectivity index (χ4v) is 1.98. The molecule has 0 radical (unpaired) electrons. The van der Waals surface area contributed by atoms with Crippen LogP contribution in [0.15, 0.2) is 48.5 Å². The Balaban J connectivity index is 2.16. The van der Waals surface area contributed by atoms with Crippen molar-refractivity contribution in [3.8, 4) is 0 Å². The first-order valence-electron chi connectivity index (χ1n) is 6.94. The molecule has 0 bridgehead atoms. The molecule has 1 amide bonds. The third kappa shape index (κ3) is 4.03.